The number of rotatable bonds is 24. The van der Waals surface area contributed by atoms with Crippen molar-refractivity contribution in [2.75, 3.05) is 52.9 Å². The van der Waals surface area contributed by atoms with Crippen LogP contribution in [0.2, 0.25) is 0 Å². The molecule has 56 heavy (non-hydrogen) atoms. The first-order chi connectivity index (χ1) is 26.2. The van der Waals surface area contributed by atoms with Crippen molar-refractivity contribution < 1.29 is 77.5 Å². The molecule has 16 heteroatoms. The number of carboxylic acid groups (broad SMARTS) is 4. The van der Waals surface area contributed by atoms with Crippen LogP contribution < -0.4 is 0 Å². The highest BCUT2D eigenvalue weighted by atomic mass is 16.7. The van der Waals surface area contributed by atoms with Crippen LogP contribution in [0.5, 0.6) is 0 Å². The molecule has 0 saturated carbocycles. The number of carbonyl (C=O) groups is 4. The van der Waals surface area contributed by atoms with Gasteiger partial charge in [0.1, 0.15) is 0 Å². The van der Waals surface area contributed by atoms with Crippen molar-refractivity contribution in [3.8, 4) is 0 Å². The van der Waals surface area contributed by atoms with E-state index in [9.17, 15) is 39.6 Å². The second-order valence-corrected chi connectivity index (χ2v) is 12.3. The van der Waals surface area contributed by atoms with Gasteiger partial charge < -0.3 is 58.3 Å². The molecule has 2 rings (SSSR count). The zero-order valence-electron chi connectivity index (χ0n) is 34.7. The number of hydrogen-bond donors (Lipinski definition) is 4. The van der Waals surface area contributed by atoms with Crippen LogP contribution in [-0.2, 0) is 61.0 Å². The Morgan fingerprint density at radius 1 is 0.393 bits per heavy atom. The van der Waals surface area contributed by atoms with Crippen LogP contribution in [0.4, 0.5) is 0 Å². The van der Waals surface area contributed by atoms with Crippen LogP contribution in [0, 0.1) is 0 Å². The van der Waals surface area contributed by atoms with Crippen LogP contribution in [-0.4, -0.2) is 97.2 Å². The van der Waals surface area contributed by atoms with Gasteiger partial charge in [-0.3, -0.25) is 0 Å². The third-order valence-corrected chi connectivity index (χ3v) is 8.54. The maximum absolute atomic E-state index is 12.3. The second kappa shape index (κ2) is 22.1. The number of hydrogen-bond acceptors (Lipinski definition) is 12. The minimum Gasteiger partial charge on any atom is -0.478 e. The first kappa shape index (κ1) is 50.0. The lowest BCUT2D eigenvalue weighted by Crippen LogP contribution is -2.38. The molecule has 0 spiro atoms. The lowest BCUT2D eigenvalue weighted by molar-refractivity contribution is -0.235. The fraction of sp³-hybridized carbons (Fsp3) is 0.600. The van der Waals surface area contributed by atoms with E-state index in [0.717, 1.165) is 0 Å². The summed E-state index contributed by atoms with van der Waals surface area (Å²) in [5.41, 5.74) is -0.772. The number of carboxylic acids is 4. The van der Waals surface area contributed by atoms with E-state index in [0.29, 0.717) is 0 Å². The fourth-order valence-electron chi connectivity index (χ4n) is 6.68. The van der Waals surface area contributed by atoms with Crippen LogP contribution in [0.3, 0.4) is 0 Å². The molecule has 0 aliphatic carbocycles. The van der Waals surface area contributed by atoms with Crippen LogP contribution in [0.15, 0.2) is 24.3 Å². The Hall–Kier alpha value is -4.00. The summed E-state index contributed by atoms with van der Waals surface area (Å²) in [5.74, 6) is -11.2. The highest BCUT2D eigenvalue weighted by molar-refractivity contribution is 5.99. The van der Waals surface area contributed by atoms with Gasteiger partial charge in [0.05, 0.1) is 22.3 Å². The largest absolute Gasteiger partial charge is 0.478 e. The quantitative estimate of drug-likeness (QED) is 0.0774. The predicted octanol–water partition coefficient (Wildman–Crippen LogP) is 7.15. The molecule has 16 nitrogen and oxygen atoms in total. The first-order valence-electron chi connectivity index (χ1n) is 18.6. The van der Waals surface area contributed by atoms with E-state index in [-0.39, 0.29) is 97.4 Å². The Morgan fingerprint density at radius 2 is 0.607 bits per heavy atom. The van der Waals surface area contributed by atoms with Crippen LogP contribution >= 0.6 is 0 Å². The standard InChI is InChI=1S/2C20H30O8/c2*1-7-25-19(5,26-8-2)14-12-11-13(17(21)22)16(15(14)18(23)24)20(6,27-9-3)28-10-4/h2*11-12H,7-10H2,1-6H3,(H,21,22)(H,23,24). The SMILES string of the molecule is CCOC(C)(OCC)c1ccc(C(=O)O)c(C(C)(OCC)OCC)c1C(=O)O.CCOC(C)(OCC)c1ccc(C(=O)O)c(C(C)(OCC)OCC)c1C(=O)O. The topological polar surface area (TPSA) is 223 Å². The third-order valence-electron chi connectivity index (χ3n) is 8.54. The molecule has 0 fully saturated rings. The van der Waals surface area contributed by atoms with E-state index in [1.807, 2.05) is 0 Å². The maximum atomic E-state index is 12.3. The summed E-state index contributed by atoms with van der Waals surface area (Å²) >= 11 is 0. The number of benzene rings is 2. The average molecular weight is 797 g/mol. The molecule has 0 radical (unpaired) electrons. The van der Waals surface area contributed by atoms with Gasteiger partial charge in [-0.2, -0.15) is 0 Å². The van der Waals surface area contributed by atoms with E-state index < -0.39 is 47.0 Å². The minimum absolute atomic E-state index is 0.0840. The van der Waals surface area contributed by atoms with Gasteiger partial charge in [-0.1, -0.05) is 12.1 Å². The Bertz CT molecular complexity index is 1490. The maximum Gasteiger partial charge on any atom is 0.336 e. The van der Waals surface area contributed by atoms with Crippen LogP contribution in [0.25, 0.3) is 0 Å². The summed E-state index contributed by atoms with van der Waals surface area (Å²) < 4.78 is 45.7. The molecule has 2 aromatic rings. The molecule has 0 heterocycles. The van der Waals surface area contributed by atoms with E-state index >= 15 is 0 Å². The minimum atomic E-state index is -1.58. The highest BCUT2D eigenvalue weighted by Gasteiger charge is 2.44. The number of aromatic carboxylic acids is 4. The lowest BCUT2D eigenvalue weighted by Gasteiger charge is -2.36. The average Bonchev–Trinajstić information content (AvgIpc) is 3.11. The molecule has 0 amide bonds. The smallest absolute Gasteiger partial charge is 0.336 e. The molecular formula is C40H60O16. The molecule has 0 aromatic heterocycles. The normalized spacial score (nSPS) is 12.2. The summed E-state index contributed by atoms with van der Waals surface area (Å²) in [5, 5.41) is 39.5. The van der Waals surface area contributed by atoms with Gasteiger partial charge in [-0.25, -0.2) is 19.2 Å². The fourth-order valence-corrected chi connectivity index (χ4v) is 6.68. The Balaban J connectivity index is 0.000000560. The van der Waals surface area contributed by atoms with Crippen LogP contribution in [0.1, 0.15) is 147 Å². The van der Waals surface area contributed by atoms with Crippen molar-refractivity contribution in [1.82, 2.24) is 0 Å². The summed E-state index contributed by atoms with van der Waals surface area (Å²) in [4.78, 5) is 48.4. The molecule has 316 valence electrons. The van der Waals surface area contributed by atoms with E-state index in [4.69, 9.17) is 37.9 Å². The van der Waals surface area contributed by atoms with Crippen molar-refractivity contribution in [3.05, 3.63) is 68.8 Å². The van der Waals surface area contributed by atoms with Gasteiger partial charge in [0, 0.05) is 75.1 Å². The predicted molar refractivity (Wildman–Crippen MR) is 203 cm³/mol. The molecular weight excluding hydrogens is 736 g/mol. The summed E-state index contributed by atoms with van der Waals surface area (Å²) in [6.45, 7) is 21.9. The lowest BCUT2D eigenvalue weighted by atomic mass is 9.87. The third kappa shape index (κ3) is 11.5. The van der Waals surface area contributed by atoms with Gasteiger partial charge in [0.2, 0.25) is 0 Å². The summed E-state index contributed by atoms with van der Waals surface area (Å²) in [7, 11) is 0. The number of ether oxygens (including phenoxy) is 8. The van der Waals surface area contributed by atoms with Crippen molar-refractivity contribution >= 4 is 23.9 Å². The Labute approximate surface area is 328 Å². The van der Waals surface area contributed by atoms with E-state index in [2.05, 4.69) is 0 Å². The van der Waals surface area contributed by atoms with Gasteiger partial charge in [-0.05, 0) is 95.2 Å². The van der Waals surface area contributed by atoms with E-state index in [1.54, 1.807) is 69.2 Å². The van der Waals surface area contributed by atoms with Crippen molar-refractivity contribution in [1.29, 1.82) is 0 Å². The molecule has 2 aromatic carbocycles. The Kier molecular flexibility index (Phi) is 19.7. The van der Waals surface area contributed by atoms with E-state index in [1.165, 1.54) is 38.1 Å². The first-order valence-corrected chi connectivity index (χ1v) is 18.6. The van der Waals surface area contributed by atoms with Gasteiger partial charge in [0.25, 0.3) is 0 Å². The van der Waals surface area contributed by atoms with Crippen molar-refractivity contribution in [3.63, 3.8) is 0 Å². The van der Waals surface area contributed by atoms with Crippen molar-refractivity contribution in [2.24, 2.45) is 0 Å². The zero-order valence-corrected chi connectivity index (χ0v) is 34.7. The van der Waals surface area contributed by atoms with Gasteiger partial charge in [0.15, 0.2) is 23.1 Å². The van der Waals surface area contributed by atoms with Crippen molar-refractivity contribution in [2.45, 2.75) is 106 Å². The molecule has 0 aliphatic heterocycles. The highest BCUT2D eigenvalue weighted by Crippen LogP contribution is 2.41. The van der Waals surface area contributed by atoms with Gasteiger partial charge in [-0.15, -0.1) is 0 Å². The monoisotopic (exact) mass is 796 g/mol. The second-order valence-electron chi connectivity index (χ2n) is 12.3. The Morgan fingerprint density at radius 3 is 0.786 bits per heavy atom. The molecule has 4 N–H and O–H groups in total. The zero-order chi connectivity index (χ0) is 43.1. The molecule has 0 saturated heterocycles. The molecule has 0 bridgehead atoms. The summed E-state index contributed by atoms with van der Waals surface area (Å²) in [6.07, 6.45) is 0. The van der Waals surface area contributed by atoms with Gasteiger partial charge >= 0.3 is 23.9 Å². The molecule has 0 unspecified atom stereocenters. The summed E-state index contributed by atoms with van der Waals surface area (Å²) in [6, 6.07) is 5.46. The molecule has 0 atom stereocenters. The molecule has 0 aliphatic rings.